The summed E-state index contributed by atoms with van der Waals surface area (Å²) in [6.45, 7) is 2.02. The fourth-order valence-electron chi connectivity index (χ4n) is 1.97. The fourth-order valence-corrected chi connectivity index (χ4v) is 2.75. The van der Waals surface area contributed by atoms with E-state index in [-0.39, 0.29) is 5.91 Å². The number of thiophene rings is 1. The van der Waals surface area contributed by atoms with Gasteiger partial charge >= 0.3 is 0 Å². The number of nitrogens with zero attached hydrogens (tertiary/aromatic N) is 1. The molecule has 3 rings (SSSR count). The minimum Gasteiger partial charge on any atom is -0.343 e. The van der Waals surface area contributed by atoms with Crippen LogP contribution in [0.15, 0.2) is 36.5 Å². The maximum atomic E-state index is 11.9. The molecule has 0 aliphatic heterocycles. The highest BCUT2D eigenvalue weighted by molar-refractivity contribution is 7.16. The number of pyridine rings is 1. The summed E-state index contributed by atoms with van der Waals surface area (Å²) in [6.07, 6.45) is 2.06. The van der Waals surface area contributed by atoms with Crippen molar-refractivity contribution in [1.29, 1.82) is 0 Å². The van der Waals surface area contributed by atoms with Crippen molar-refractivity contribution in [2.24, 2.45) is 0 Å². The molecule has 3 aromatic heterocycles. The van der Waals surface area contributed by atoms with Crippen LogP contribution in [-0.2, 0) is 11.2 Å². The molecule has 0 aliphatic rings. The van der Waals surface area contributed by atoms with Crippen LogP contribution in [0.1, 0.15) is 10.6 Å². The Morgan fingerprint density at radius 3 is 3.05 bits per heavy atom. The lowest BCUT2D eigenvalue weighted by Gasteiger charge is -2.00. The number of carbonyl (C=O) groups excluding carboxylic acids is 1. The van der Waals surface area contributed by atoms with Gasteiger partial charge in [0, 0.05) is 22.2 Å². The maximum Gasteiger partial charge on any atom is 0.230 e. The second-order valence-electron chi connectivity index (χ2n) is 4.37. The zero-order valence-electron chi connectivity index (χ0n) is 10.4. The molecular weight excluding hydrogens is 258 g/mol. The average molecular weight is 271 g/mol. The first-order valence-corrected chi connectivity index (χ1v) is 6.81. The van der Waals surface area contributed by atoms with Crippen molar-refractivity contribution in [2.45, 2.75) is 13.3 Å². The van der Waals surface area contributed by atoms with E-state index in [4.69, 9.17) is 0 Å². The van der Waals surface area contributed by atoms with E-state index in [9.17, 15) is 4.79 Å². The van der Waals surface area contributed by atoms with Crippen LogP contribution in [0.5, 0.6) is 0 Å². The number of aromatic amines is 1. The second-order valence-corrected chi connectivity index (χ2v) is 5.66. The van der Waals surface area contributed by atoms with Gasteiger partial charge < -0.3 is 10.3 Å². The smallest absolute Gasteiger partial charge is 0.230 e. The lowest BCUT2D eigenvalue weighted by molar-refractivity contribution is -0.115. The lowest BCUT2D eigenvalue weighted by atomic mass is 10.2. The summed E-state index contributed by atoms with van der Waals surface area (Å²) in [6, 6.07) is 9.73. The largest absolute Gasteiger partial charge is 0.343 e. The molecule has 0 bridgehead atoms. The molecule has 4 nitrogen and oxygen atoms in total. The maximum absolute atomic E-state index is 11.9. The van der Waals surface area contributed by atoms with Gasteiger partial charge in [0.15, 0.2) is 0 Å². The molecule has 0 unspecified atom stereocenters. The number of nitrogens with one attached hydrogen (secondary N) is 2. The summed E-state index contributed by atoms with van der Waals surface area (Å²) >= 11 is 1.58. The van der Waals surface area contributed by atoms with E-state index < -0.39 is 0 Å². The van der Waals surface area contributed by atoms with E-state index >= 15 is 0 Å². The van der Waals surface area contributed by atoms with Crippen molar-refractivity contribution in [3.8, 4) is 0 Å². The molecule has 0 fully saturated rings. The van der Waals surface area contributed by atoms with E-state index in [0.717, 1.165) is 21.7 Å². The molecule has 2 N–H and O–H groups in total. The molecule has 0 spiro atoms. The normalized spacial score (nSPS) is 10.8. The average Bonchev–Trinajstić information content (AvgIpc) is 2.94. The number of fused-ring (bicyclic) bond motifs is 1. The lowest BCUT2D eigenvalue weighted by Crippen LogP contribution is -2.13. The Bertz CT molecular complexity index is 696. The summed E-state index contributed by atoms with van der Waals surface area (Å²) in [7, 11) is 0. The van der Waals surface area contributed by atoms with E-state index in [1.165, 1.54) is 4.88 Å². The van der Waals surface area contributed by atoms with Gasteiger partial charge in [-0.25, -0.2) is 4.98 Å². The fraction of sp³-hybridized carbons (Fsp3) is 0.143. The Morgan fingerprint density at radius 1 is 1.42 bits per heavy atom. The summed E-state index contributed by atoms with van der Waals surface area (Å²) < 4.78 is 0. The van der Waals surface area contributed by atoms with Crippen LogP contribution in [0.25, 0.3) is 11.0 Å². The number of hydrogen-bond donors (Lipinski definition) is 2. The molecule has 0 aliphatic carbocycles. The Kier molecular flexibility index (Phi) is 3.05. The van der Waals surface area contributed by atoms with Crippen LogP contribution in [0.4, 0.5) is 5.00 Å². The molecular formula is C14H13N3OS. The van der Waals surface area contributed by atoms with Gasteiger partial charge in [0.2, 0.25) is 5.91 Å². The molecule has 1 amide bonds. The number of aryl methyl sites for hydroxylation is 1. The van der Waals surface area contributed by atoms with E-state index in [0.29, 0.717) is 6.42 Å². The monoisotopic (exact) mass is 271 g/mol. The third-order valence-corrected chi connectivity index (χ3v) is 3.72. The van der Waals surface area contributed by atoms with Gasteiger partial charge in [-0.15, -0.1) is 11.3 Å². The van der Waals surface area contributed by atoms with Gasteiger partial charge in [0.1, 0.15) is 5.65 Å². The standard InChI is InChI=1S/C14H13N3OS/c1-9-4-5-13(19-9)17-12(18)8-11-7-10-3-2-6-15-14(10)16-11/h2-7H,8H2,1H3,(H,15,16)(H,17,18). The van der Waals surface area contributed by atoms with Crippen molar-refractivity contribution in [3.05, 3.63) is 47.1 Å². The Morgan fingerprint density at radius 2 is 2.32 bits per heavy atom. The molecule has 0 atom stereocenters. The van der Waals surface area contributed by atoms with E-state index in [1.54, 1.807) is 17.5 Å². The molecule has 5 heteroatoms. The topological polar surface area (TPSA) is 57.8 Å². The van der Waals surface area contributed by atoms with Crippen molar-refractivity contribution >= 4 is 33.3 Å². The third-order valence-electron chi connectivity index (χ3n) is 2.80. The molecule has 3 heterocycles. The second kappa shape index (κ2) is 4.85. The highest BCUT2D eigenvalue weighted by Crippen LogP contribution is 2.21. The zero-order valence-corrected chi connectivity index (χ0v) is 11.3. The first kappa shape index (κ1) is 11.9. The van der Waals surface area contributed by atoms with Gasteiger partial charge in [-0.1, -0.05) is 0 Å². The number of hydrogen-bond acceptors (Lipinski definition) is 3. The van der Waals surface area contributed by atoms with Crippen LogP contribution in [0, 0.1) is 6.92 Å². The highest BCUT2D eigenvalue weighted by atomic mass is 32.1. The van der Waals surface area contributed by atoms with Crippen molar-refractivity contribution in [2.75, 3.05) is 5.32 Å². The van der Waals surface area contributed by atoms with Crippen LogP contribution in [0.2, 0.25) is 0 Å². The van der Waals surface area contributed by atoms with E-state index in [2.05, 4.69) is 15.3 Å². The summed E-state index contributed by atoms with van der Waals surface area (Å²) in [5.41, 5.74) is 1.69. The van der Waals surface area contributed by atoms with Crippen LogP contribution in [-0.4, -0.2) is 15.9 Å². The molecule has 0 aromatic carbocycles. The predicted molar refractivity (Wildman–Crippen MR) is 77.5 cm³/mol. The van der Waals surface area contributed by atoms with Crippen LogP contribution >= 0.6 is 11.3 Å². The minimum atomic E-state index is -0.0200. The molecule has 19 heavy (non-hydrogen) atoms. The Hall–Kier alpha value is -2.14. The van der Waals surface area contributed by atoms with Gasteiger partial charge in [0.05, 0.1) is 11.4 Å². The van der Waals surface area contributed by atoms with Gasteiger partial charge in [-0.3, -0.25) is 4.79 Å². The summed E-state index contributed by atoms with van der Waals surface area (Å²) in [5.74, 6) is -0.0200. The number of carbonyl (C=O) groups is 1. The Labute approximate surface area is 114 Å². The highest BCUT2D eigenvalue weighted by Gasteiger charge is 2.08. The minimum absolute atomic E-state index is 0.0200. The molecule has 0 saturated heterocycles. The SMILES string of the molecule is Cc1ccc(NC(=O)Cc2cc3cccnc3[nH]2)s1. The van der Waals surface area contributed by atoms with Crippen molar-refractivity contribution in [3.63, 3.8) is 0 Å². The molecule has 0 radical (unpaired) electrons. The number of H-pyrrole nitrogens is 1. The Balaban J connectivity index is 1.72. The molecule has 96 valence electrons. The van der Waals surface area contributed by atoms with E-state index in [1.807, 2.05) is 37.3 Å². The summed E-state index contributed by atoms with van der Waals surface area (Å²) in [4.78, 5) is 20.5. The quantitative estimate of drug-likeness (QED) is 0.769. The predicted octanol–water partition coefficient (Wildman–Crippen LogP) is 3.11. The number of rotatable bonds is 3. The third kappa shape index (κ3) is 2.66. The van der Waals surface area contributed by atoms with Crippen molar-refractivity contribution in [1.82, 2.24) is 9.97 Å². The first-order chi connectivity index (χ1) is 9.20. The van der Waals surface area contributed by atoms with Gasteiger partial charge in [0.25, 0.3) is 0 Å². The molecule has 3 aromatic rings. The zero-order chi connectivity index (χ0) is 13.2. The number of aromatic nitrogens is 2. The number of amides is 1. The first-order valence-electron chi connectivity index (χ1n) is 5.99. The molecule has 0 saturated carbocycles. The number of anilines is 1. The van der Waals surface area contributed by atoms with Crippen LogP contribution < -0.4 is 5.32 Å². The summed E-state index contributed by atoms with van der Waals surface area (Å²) in [5, 5.41) is 4.81. The van der Waals surface area contributed by atoms with Gasteiger partial charge in [-0.2, -0.15) is 0 Å². The van der Waals surface area contributed by atoms with Crippen LogP contribution in [0.3, 0.4) is 0 Å². The van der Waals surface area contributed by atoms with Crippen molar-refractivity contribution < 1.29 is 4.79 Å². The van der Waals surface area contributed by atoms with Gasteiger partial charge in [-0.05, 0) is 37.3 Å².